The fourth-order valence-corrected chi connectivity index (χ4v) is 7.13. The zero-order chi connectivity index (χ0) is 26.6. The third-order valence-corrected chi connectivity index (χ3v) is 8.91. The Morgan fingerprint density at radius 3 is 2.24 bits per heavy atom. The molecule has 1 aromatic heterocycles. The molecule has 198 valence electrons. The number of fused-ring (bicyclic) bond motifs is 1. The minimum absolute atomic E-state index is 0.0750. The van der Waals surface area contributed by atoms with Crippen LogP contribution in [0.15, 0.2) is 53.3 Å². The Kier molecular flexibility index (Phi) is 6.21. The van der Waals surface area contributed by atoms with Gasteiger partial charge in [-0.15, -0.1) is 0 Å². The Bertz CT molecular complexity index is 1170. The monoisotopic (exact) mass is 510 g/mol. The van der Waals surface area contributed by atoms with Gasteiger partial charge in [-0.3, -0.25) is 4.79 Å². The second-order valence-corrected chi connectivity index (χ2v) is 11.3. The first kappa shape index (κ1) is 25.5. The van der Waals surface area contributed by atoms with E-state index in [-0.39, 0.29) is 11.8 Å². The molecule has 1 spiro atoms. The molecule has 8 nitrogen and oxygen atoms in total. The van der Waals surface area contributed by atoms with E-state index in [1.807, 2.05) is 26.8 Å². The summed E-state index contributed by atoms with van der Waals surface area (Å²) in [6.07, 6.45) is 2.56. The van der Waals surface area contributed by atoms with Gasteiger partial charge in [-0.2, -0.15) is 0 Å². The van der Waals surface area contributed by atoms with E-state index in [0.29, 0.717) is 30.4 Å². The van der Waals surface area contributed by atoms with E-state index in [1.54, 1.807) is 30.3 Å². The Morgan fingerprint density at radius 2 is 1.59 bits per heavy atom. The van der Waals surface area contributed by atoms with Gasteiger partial charge in [0.15, 0.2) is 0 Å². The van der Waals surface area contributed by atoms with Crippen molar-refractivity contribution in [1.82, 2.24) is 0 Å². The topological polar surface area (TPSA) is 101 Å². The Labute approximate surface area is 216 Å². The smallest absolute Gasteiger partial charge is 0.341 e. The molecular formula is C29H34O8. The van der Waals surface area contributed by atoms with Gasteiger partial charge in [-0.1, -0.05) is 25.1 Å². The van der Waals surface area contributed by atoms with Crippen molar-refractivity contribution in [3.05, 3.63) is 60.1 Å². The van der Waals surface area contributed by atoms with Crippen molar-refractivity contribution in [2.75, 3.05) is 0 Å². The first-order valence-corrected chi connectivity index (χ1v) is 12.9. The summed E-state index contributed by atoms with van der Waals surface area (Å²) in [5.41, 5.74) is -1.98. The number of benzene rings is 1. The van der Waals surface area contributed by atoms with Crippen LogP contribution >= 0.6 is 0 Å². The number of hydrogen-bond donors (Lipinski definition) is 0. The summed E-state index contributed by atoms with van der Waals surface area (Å²) < 4.78 is 30.4. The van der Waals surface area contributed by atoms with Gasteiger partial charge in [0, 0.05) is 12.8 Å². The van der Waals surface area contributed by atoms with Crippen molar-refractivity contribution < 1.29 is 37.7 Å². The lowest BCUT2D eigenvalue weighted by atomic mass is 9.49. The van der Waals surface area contributed by atoms with E-state index < -0.39 is 52.8 Å². The summed E-state index contributed by atoms with van der Waals surface area (Å²) in [7, 11) is 0. The Morgan fingerprint density at radius 1 is 0.892 bits per heavy atom. The molecule has 3 fully saturated rings. The van der Waals surface area contributed by atoms with Gasteiger partial charge in [0.2, 0.25) is 0 Å². The van der Waals surface area contributed by atoms with E-state index in [0.717, 1.165) is 0 Å². The largest absolute Gasteiger partial charge is 0.472 e. The number of furan rings is 1. The molecule has 3 aliphatic rings. The summed E-state index contributed by atoms with van der Waals surface area (Å²) in [6.45, 7) is 9.36. The zero-order valence-corrected chi connectivity index (χ0v) is 21.9. The first-order chi connectivity index (χ1) is 17.5. The Hall–Kier alpha value is -3.13. The van der Waals surface area contributed by atoms with E-state index in [9.17, 15) is 14.4 Å². The highest BCUT2D eigenvalue weighted by molar-refractivity contribution is 5.90. The summed E-state index contributed by atoms with van der Waals surface area (Å²) >= 11 is 0. The van der Waals surface area contributed by atoms with Crippen molar-refractivity contribution in [3.63, 3.8) is 0 Å². The van der Waals surface area contributed by atoms with E-state index in [2.05, 4.69) is 6.92 Å². The van der Waals surface area contributed by atoms with Crippen LogP contribution in [0, 0.1) is 17.3 Å². The van der Waals surface area contributed by atoms with Crippen LogP contribution in [0.25, 0.3) is 0 Å². The standard InChI is InChI=1S/C29H34O8/c1-17-11-12-22(34-18(2)30)28(5)23(35-25(31)19-9-7-6-8-10-19)15-21-24(29(17,28)37-27(21,3)4)36-26(32)20-13-14-33-16-20/h6-10,13-14,16-17,21-24H,11-12,15H2,1-5H3/t17-,21-,22+,23+,24-,28+,29-/m1/s1. The maximum absolute atomic E-state index is 13.3. The molecule has 2 heterocycles. The fraction of sp³-hybridized carbons (Fsp3) is 0.552. The zero-order valence-electron chi connectivity index (χ0n) is 21.9. The van der Waals surface area contributed by atoms with E-state index >= 15 is 0 Å². The van der Waals surface area contributed by atoms with Crippen LogP contribution in [-0.4, -0.2) is 47.4 Å². The minimum atomic E-state index is -1.06. The molecule has 0 radical (unpaired) electrons. The van der Waals surface area contributed by atoms with E-state index in [4.69, 9.17) is 23.4 Å². The SMILES string of the molecule is CC(=O)O[C@H]1CC[C@@H](C)[C@]23OC(C)(C)[C@H](C[C@H](OC(=O)c4ccccc4)[C@]12C)[C@H]3OC(=O)c1ccoc1. The molecule has 1 aliphatic heterocycles. The predicted molar refractivity (Wildman–Crippen MR) is 132 cm³/mol. The molecule has 2 bridgehead atoms. The van der Waals surface area contributed by atoms with Crippen LogP contribution in [0.3, 0.4) is 0 Å². The second kappa shape index (κ2) is 9.01. The predicted octanol–water partition coefficient (Wildman–Crippen LogP) is 4.97. The summed E-state index contributed by atoms with van der Waals surface area (Å²) in [5, 5.41) is 0. The van der Waals surface area contributed by atoms with Crippen LogP contribution in [-0.2, 0) is 23.7 Å². The van der Waals surface area contributed by atoms with Crippen molar-refractivity contribution in [2.45, 2.75) is 83.4 Å². The molecule has 2 aliphatic carbocycles. The van der Waals surface area contributed by atoms with Gasteiger partial charge in [0.25, 0.3) is 0 Å². The average Bonchev–Trinajstić information content (AvgIpc) is 3.44. The van der Waals surface area contributed by atoms with Crippen molar-refractivity contribution >= 4 is 17.9 Å². The van der Waals surface area contributed by atoms with Gasteiger partial charge < -0.3 is 23.4 Å². The van der Waals surface area contributed by atoms with Crippen LogP contribution in [0.4, 0.5) is 0 Å². The highest BCUT2D eigenvalue weighted by Gasteiger charge is 2.79. The highest BCUT2D eigenvalue weighted by atomic mass is 16.6. The maximum Gasteiger partial charge on any atom is 0.341 e. The number of ether oxygens (including phenoxy) is 4. The highest BCUT2D eigenvalue weighted by Crippen LogP contribution is 2.67. The first-order valence-electron chi connectivity index (χ1n) is 12.9. The summed E-state index contributed by atoms with van der Waals surface area (Å²) in [4.78, 5) is 38.7. The lowest BCUT2D eigenvalue weighted by Gasteiger charge is -2.61. The second-order valence-electron chi connectivity index (χ2n) is 11.3. The number of carbonyl (C=O) groups excluding carboxylic acids is 3. The number of hydrogen-bond acceptors (Lipinski definition) is 8. The van der Waals surface area contributed by atoms with Gasteiger partial charge in [-0.25, -0.2) is 9.59 Å². The van der Waals surface area contributed by atoms with Crippen LogP contribution in [0.1, 0.15) is 74.6 Å². The molecule has 2 aromatic rings. The molecule has 5 rings (SSSR count). The molecule has 8 heteroatoms. The minimum Gasteiger partial charge on any atom is -0.472 e. The van der Waals surface area contributed by atoms with Crippen molar-refractivity contribution in [3.8, 4) is 0 Å². The molecule has 1 aromatic carbocycles. The molecule has 0 amide bonds. The average molecular weight is 511 g/mol. The maximum atomic E-state index is 13.3. The normalized spacial score (nSPS) is 35.8. The van der Waals surface area contributed by atoms with Crippen LogP contribution in [0.5, 0.6) is 0 Å². The molecule has 0 N–H and O–H groups in total. The summed E-state index contributed by atoms with van der Waals surface area (Å²) in [5.74, 6) is -1.71. The molecule has 2 saturated carbocycles. The number of esters is 3. The molecular weight excluding hydrogens is 476 g/mol. The molecule has 1 saturated heterocycles. The van der Waals surface area contributed by atoms with Gasteiger partial charge in [0.05, 0.1) is 28.4 Å². The lowest BCUT2D eigenvalue weighted by Crippen LogP contribution is -2.73. The van der Waals surface area contributed by atoms with E-state index in [1.165, 1.54) is 19.5 Å². The van der Waals surface area contributed by atoms with Crippen LogP contribution < -0.4 is 0 Å². The third kappa shape index (κ3) is 3.88. The van der Waals surface area contributed by atoms with Gasteiger partial charge >= 0.3 is 17.9 Å². The molecule has 37 heavy (non-hydrogen) atoms. The van der Waals surface area contributed by atoms with Gasteiger partial charge in [-0.05, 0) is 64.2 Å². The van der Waals surface area contributed by atoms with Crippen molar-refractivity contribution in [1.29, 1.82) is 0 Å². The van der Waals surface area contributed by atoms with Gasteiger partial charge in [0.1, 0.15) is 30.2 Å². The summed E-state index contributed by atoms with van der Waals surface area (Å²) in [6, 6.07) is 10.4. The lowest BCUT2D eigenvalue weighted by molar-refractivity contribution is -0.282. The quantitative estimate of drug-likeness (QED) is 0.411. The van der Waals surface area contributed by atoms with Crippen LogP contribution in [0.2, 0.25) is 0 Å². The number of rotatable bonds is 5. The Balaban J connectivity index is 1.61. The third-order valence-electron chi connectivity index (χ3n) is 8.91. The molecule has 7 atom stereocenters. The molecule has 0 unspecified atom stereocenters. The fourth-order valence-electron chi connectivity index (χ4n) is 7.13. The number of carbonyl (C=O) groups is 3. The van der Waals surface area contributed by atoms with Crippen molar-refractivity contribution in [2.24, 2.45) is 17.3 Å².